The Labute approximate surface area is 184 Å². The predicted molar refractivity (Wildman–Crippen MR) is 115 cm³/mol. The first-order valence-corrected chi connectivity index (χ1v) is 10.1. The van der Waals surface area contributed by atoms with Gasteiger partial charge in [-0.15, -0.1) is 0 Å². The Morgan fingerprint density at radius 1 is 0.938 bits per heavy atom. The maximum Gasteiger partial charge on any atom is 0.278 e. The predicted octanol–water partition coefficient (Wildman–Crippen LogP) is 3.90. The lowest BCUT2D eigenvalue weighted by molar-refractivity contribution is -0.00115. The number of fused-ring (bicyclic) bond motifs is 1. The Balaban J connectivity index is 1.38. The third-order valence-electron chi connectivity index (χ3n) is 5.42. The van der Waals surface area contributed by atoms with Gasteiger partial charge in [-0.25, -0.2) is 0 Å². The molecule has 1 atom stereocenters. The fraction of sp³-hybridized carbons (Fsp3) is 0.261. The first-order valence-electron chi connectivity index (χ1n) is 10.1. The summed E-state index contributed by atoms with van der Waals surface area (Å²) in [5, 5.41) is 8.78. The van der Waals surface area contributed by atoms with Gasteiger partial charge in [-0.2, -0.15) is 10.1 Å². The van der Waals surface area contributed by atoms with Crippen LogP contribution in [0.15, 0.2) is 53.1 Å². The molecule has 0 fully saturated rings. The molecule has 1 aliphatic heterocycles. The van der Waals surface area contributed by atoms with Crippen LogP contribution >= 0.6 is 0 Å². The molecule has 3 heterocycles. The molecule has 1 aliphatic rings. The van der Waals surface area contributed by atoms with Crippen LogP contribution in [0.2, 0.25) is 0 Å². The van der Waals surface area contributed by atoms with Gasteiger partial charge in [0.05, 0.1) is 45.7 Å². The first kappa shape index (κ1) is 20.1. The molecular weight excluding hydrogens is 412 g/mol. The molecule has 2 aromatic carbocycles. The molecule has 9 heteroatoms. The largest absolute Gasteiger partial charge is 0.497 e. The van der Waals surface area contributed by atoms with E-state index >= 15 is 0 Å². The molecule has 2 aromatic heterocycles. The van der Waals surface area contributed by atoms with Crippen molar-refractivity contribution in [2.75, 3.05) is 21.3 Å². The molecule has 0 saturated heterocycles. The monoisotopic (exact) mass is 434 g/mol. The van der Waals surface area contributed by atoms with Crippen molar-refractivity contribution in [1.82, 2.24) is 19.9 Å². The average Bonchev–Trinajstić information content (AvgIpc) is 3.50. The molecule has 5 rings (SSSR count). The van der Waals surface area contributed by atoms with E-state index in [2.05, 4.69) is 15.2 Å². The number of aromatic nitrogens is 4. The molecule has 4 aromatic rings. The molecule has 0 aliphatic carbocycles. The third kappa shape index (κ3) is 3.67. The molecule has 0 spiro atoms. The Bertz CT molecular complexity index is 1230. The number of benzene rings is 2. The summed E-state index contributed by atoms with van der Waals surface area (Å²) in [7, 11) is 4.84. The standard InChI is InChI=1S/C23H22N4O5/c1-28-16-6-4-14(5-7-16)21-12-27-15(13-31-21)10-19(25-27)23-24-22(26-32-23)18-9-8-17(29-2)11-20(18)30-3/h4-11,21H,12-13H2,1-3H3. The molecule has 0 bridgehead atoms. The lowest BCUT2D eigenvalue weighted by Crippen LogP contribution is -2.21. The van der Waals surface area contributed by atoms with E-state index in [-0.39, 0.29) is 6.10 Å². The van der Waals surface area contributed by atoms with Crippen LogP contribution in [0.5, 0.6) is 17.2 Å². The molecular formula is C23H22N4O5. The van der Waals surface area contributed by atoms with Gasteiger partial charge in [0.25, 0.3) is 5.89 Å². The van der Waals surface area contributed by atoms with Crippen molar-refractivity contribution in [1.29, 1.82) is 0 Å². The zero-order valence-electron chi connectivity index (χ0n) is 17.9. The summed E-state index contributed by atoms with van der Waals surface area (Å²) in [6.45, 7) is 1.03. The van der Waals surface area contributed by atoms with Gasteiger partial charge < -0.3 is 23.5 Å². The van der Waals surface area contributed by atoms with Crippen LogP contribution in [-0.4, -0.2) is 41.3 Å². The Morgan fingerprint density at radius 3 is 2.47 bits per heavy atom. The summed E-state index contributed by atoms with van der Waals surface area (Å²) in [6, 6.07) is 15.2. The average molecular weight is 434 g/mol. The zero-order chi connectivity index (χ0) is 22.1. The van der Waals surface area contributed by atoms with E-state index in [0.29, 0.717) is 47.6 Å². The zero-order valence-corrected chi connectivity index (χ0v) is 17.9. The molecule has 0 radical (unpaired) electrons. The molecule has 164 valence electrons. The van der Waals surface area contributed by atoms with Gasteiger partial charge in [-0.05, 0) is 35.9 Å². The minimum Gasteiger partial charge on any atom is -0.497 e. The fourth-order valence-electron chi connectivity index (χ4n) is 3.67. The van der Waals surface area contributed by atoms with E-state index in [1.165, 1.54) is 0 Å². The van der Waals surface area contributed by atoms with Crippen LogP contribution in [0.1, 0.15) is 17.4 Å². The van der Waals surface area contributed by atoms with Gasteiger partial charge in [-0.3, -0.25) is 4.68 Å². The quantitative estimate of drug-likeness (QED) is 0.451. The SMILES string of the molecule is COc1ccc(C2Cn3nc(-c4nc(-c5ccc(OC)cc5OC)no4)cc3CO2)cc1. The second-order valence-corrected chi connectivity index (χ2v) is 7.27. The van der Waals surface area contributed by atoms with Crippen LogP contribution < -0.4 is 14.2 Å². The number of ether oxygens (including phenoxy) is 4. The Morgan fingerprint density at radius 2 is 1.72 bits per heavy atom. The minimum absolute atomic E-state index is 0.0945. The second kappa shape index (κ2) is 8.35. The van der Waals surface area contributed by atoms with Crippen LogP contribution in [0.4, 0.5) is 0 Å². The summed E-state index contributed by atoms with van der Waals surface area (Å²) < 4.78 is 29.4. The topological polar surface area (TPSA) is 93.7 Å². The van der Waals surface area contributed by atoms with Crippen molar-refractivity contribution in [3.8, 4) is 40.2 Å². The van der Waals surface area contributed by atoms with E-state index in [1.54, 1.807) is 27.4 Å². The Hall–Kier alpha value is -3.85. The summed E-state index contributed by atoms with van der Waals surface area (Å²) in [6.07, 6.45) is -0.0945. The van der Waals surface area contributed by atoms with Gasteiger partial charge in [0.1, 0.15) is 23.4 Å². The molecule has 1 unspecified atom stereocenters. The summed E-state index contributed by atoms with van der Waals surface area (Å²) in [5.41, 5.74) is 3.33. The van der Waals surface area contributed by atoms with Crippen LogP contribution in [0, 0.1) is 0 Å². The van der Waals surface area contributed by atoms with Gasteiger partial charge in [-0.1, -0.05) is 17.3 Å². The van der Waals surface area contributed by atoms with Crippen LogP contribution in [-0.2, 0) is 17.9 Å². The lowest BCUT2D eigenvalue weighted by Gasteiger charge is -2.24. The number of methoxy groups -OCH3 is 3. The molecule has 9 nitrogen and oxygen atoms in total. The number of rotatable bonds is 6. The first-order chi connectivity index (χ1) is 15.7. The normalized spacial score (nSPS) is 15.3. The molecule has 0 amide bonds. The smallest absolute Gasteiger partial charge is 0.278 e. The van der Waals surface area contributed by atoms with E-state index < -0.39 is 0 Å². The second-order valence-electron chi connectivity index (χ2n) is 7.27. The van der Waals surface area contributed by atoms with Crippen molar-refractivity contribution < 1.29 is 23.5 Å². The number of hydrogen-bond donors (Lipinski definition) is 0. The van der Waals surface area contributed by atoms with Gasteiger partial charge in [0.2, 0.25) is 5.82 Å². The summed E-state index contributed by atoms with van der Waals surface area (Å²) in [5.74, 6) is 2.84. The van der Waals surface area contributed by atoms with Crippen molar-refractivity contribution >= 4 is 0 Å². The van der Waals surface area contributed by atoms with Crippen LogP contribution in [0.3, 0.4) is 0 Å². The lowest BCUT2D eigenvalue weighted by atomic mass is 10.1. The van der Waals surface area contributed by atoms with E-state index in [0.717, 1.165) is 17.0 Å². The summed E-state index contributed by atoms with van der Waals surface area (Å²) in [4.78, 5) is 4.53. The van der Waals surface area contributed by atoms with Crippen molar-refractivity contribution in [2.45, 2.75) is 19.3 Å². The van der Waals surface area contributed by atoms with Gasteiger partial charge >= 0.3 is 0 Å². The minimum atomic E-state index is -0.0945. The number of nitrogens with zero attached hydrogens (tertiary/aromatic N) is 4. The summed E-state index contributed by atoms with van der Waals surface area (Å²) >= 11 is 0. The van der Waals surface area contributed by atoms with E-state index in [9.17, 15) is 0 Å². The highest BCUT2D eigenvalue weighted by atomic mass is 16.5. The van der Waals surface area contributed by atoms with Crippen molar-refractivity contribution in [3.63, 3.8) is 0 Å². The van der Waals surface area contributed by atoms with Gasteiger partial charge in [0.15, 0.2) is 5.69 Å². The van der Waals surface area contributed by atoms with Gasteiger partial charge in [0, 0.05) is 6.07 Å². The molecule has 0 N–H and O–H groups in total. The van der Waals surface area contributed by atoms with E-state index in [4.69, 9.17) is 23.5 Å². The highest BCUT2D eigenvalue weighted by Gasteiger charge is 2.25. The maximum absolute atomic E-state index is 6.04. The maximum atomic E-state index is 6.04. The van der Waals surface area contributed by atoms with E-state index in [1.807, 2.05) is 47.1 Å². The molecule has 32 heavy (non-hydrogen) atoms. The highest BCUT2D eigenvalue weighted by Crippen LogP contribution is 2.34. The van der Waals surface area contributed by atoms with Crippen LogP contribution in [0.25, 0.3) is 23.0 Å². The third-order valence-corrected chi connectivity index (χ3v) is 5.42. The highest BCUT2D eigenvalue weighted by molar-refractivity contribution is 5.66. The fourth-order valence-corrected chi connectivity index (χ4v) is 3.67. The molecule has 0 saturated carbocycles. The van der Waals surface area contributed by atoms with Crippen molar-refractivity contribution in [2.24, 2.45) is 0 Å². The van der Waals surface area contributed by atoms with Crippen molar-refractivity contribution in [3.05, 3.63) is 59.8 Å². The Kier molecular flexibility index (Phi) is 5.24. The number of hydrogen-bond acceptors (Lipinski definition) is 8.